The average Bonchev–Trinajstić information content (AvgIpc) is 2.57. The van der Waals surface area contributed by atoms with Crippen LogP contribution < -0.4 is 10.2 Å². The van der Waals surface area contributed by atoms with Crippen LogP contribution in [0, 0.1) is 0 Å². The molecule has 0 aliphatic carbocycles. The number of benzene rings is 1. The molecule has 3 rings (SSSR count). The molecule has 0 spiro atoms. The van der Waals surface area contributed by atoms with Crippen LogP contribution in [0.3, 0.4) is 0 Å². The fraction of sp³-hybridized carbons (Fsp3) is 0.400. The van der Waals surface area contributed by atoms with Gasteiger partial charge in [0.05, 0.1) is 16.9 Å². The lowest BCUT2D eigenvalue weighted by molar-refractivity contribution is 0.269. The molecule has 0 unspecified atom stereocenters. The molecule has 1 aromatic carbocycles. The molecule has 2 heterocycles. The topological polar surface area (TPSA) is 57.2 Å². The summed E-state index contributed by atoms with van der Waals surface area (Å²) in [6.07, 6.45) is 1.61. The number of halogens is 1. The van der Waals surface area contributed by atoms with E-state index in [4.69, 9.17) is 11.6 Å². The third-order valence-electron chi connectivity index (χ3n) is 3.79. The van der Waals surface area contributed by atoms with Crippen LogP contribution in [0.2, 0.25) is 5.02 Å². The first-order chi connectivity index (χ1) is 10.8. The van der Waals surface area contributed by atoms with Gasteiger partial charge < -0.3 is 15.1 Å². The molecule has 0 radical (unpaired) electrons. The Labute approximate surface area is 135 Å². The Bertz CT molecular complexity index is 627. The van der Waals surface area contributed by atoms with E-state index in [2.05, 4.69) is 37.2 Å². The molecule has 0 amide bonds. The third kappa shape index (κ3) is 3.45. The summed E-state index contributed by atoms with van der Waals surface area (Å²) in [7, 11) is 0. The predicted octanol–water partition coefficient (Wildman–Crippen LogP) is 2.41. The van der Waals surface area contributed by atoms with Gasteiger partial charge in [0.25, 0.3) is 0 Å². The van der Waals surface area contributed by atoms with E-state index >= 15 is 0 Å². The Kier molecular flexibility index (Phi) is 4.70. The second-order valence-electron chi connectivity index (χ2n) is 5.17. The lowest BCUT2D eigenvalue weighted by atomic mass is 10.3. The number of likely N-dealkylation sites (N-methyl/N-ethyl adjacent to an activating group) is 1. The van der Waals surface area contributed by atoms with E-state index in [9.17, 15) is 0 Å². The van der Waals surface area contributed by atoms with E-state index < -0.39 is 0 Å². The molecule has 0 saturated carbocycles. The maximum atomic E-state index is 6.15. The fourth-order valence-corrected chi connectivity index (χ4v) is 2.64. The van der Waals surface area contributed by atoms with Crippen LogP contribution >= 0.6 is 11.6 Å². The largest absolute Gasteiger partial charge is 0.338 e. The zero-order valence-electron chi connectivity index (χ0n) is 12.5. The van der Waals surface area contributed by atoms with Gasteiger partial charge in [-0.3, -0.25) is 0 Å². The van der Waals surface area contributed by atoms with Gasteiger partial charge in [-0.1, -0.05) is 30.7 Å². The number of aromatic nitrogens is 3. The van der Waals surface area contributed by atoms with E-state index in [1.807, 2.05) is 24.3 Å². The van der Waals surface area contributed by atoms with Crippen LogP contribution in [0.1, 0.15) is 6.92 Å². The number of anilines is 3. The van der Waals surface area contributed by atoms with Gasteiger partial charge in [-0.05, 0) is 18.7 Å². The first-order valence-corrected chi connectivity index (χ1v) is 7.82. The van der Waals surface area contributed by atoms with Gasteiger partial charge in [0.2, 0.25) is 5.95 Å². The normalized spacial score (nSPS) is 15.8. The number of hydrogen-bond donors (Lipinski definition) is 1. The first-order valence-electron chi connectivity index (χ1n) is 7.45. The van der Waals surface area contributed by atoms with E-state index in [-0.39, 0.29) is 0 Å². The molecular weight excluding hydrogens is 300 g/mol. The van der Waals surface area contributed by atoms with Crippen LogP contribution in [0.25, 0.3) is 0 Å². The van der Waals surface area contributed by atoms with Gasteiger partial charge in [-0.2, -0.15) is 10.1 Å². The number of hydrogen-bond acceptors (Lipinski definition) is 6. The highest BCUT2D eigenvalue weighted by Gasteiger charge is 2.18. The summed E-state index contributed by atoms with van der Waals surface area (Å²) in [6.45, 7) is 7.17. The molecule has 1 aromatic heterocycles. The Hall–Kier alpha value is -1.92. The van der Waals surface area contributed by atoms with E-state index in [0.717, 1.165) is 38.4 Å². The smallest absolute Gasteiger partial charge is 0.247 e. The molecule has 1 aliphatic heterocycles. The van der Waals surface area contributed by atoms with Crippen molar-refractivity contribution in [3.05, 3.63) is 35.5 Å². The lowest BCUT2D eigenvalue weighted by Crippen LogP contribution is -2.46. The SMILES string of the molecule is CCN1CCN(c2nncc(Nc3ccccc3Cl)n2)CC1. The Balaban J connectivity index is 1.72. The molecule has 1 fully saturated rings. The van der Waals surface area contributed by atoms with Gasteiger partial charge in [-0.15, -0.1) is 5.10 Å². The Morgan fingerprint density at radius 3 is 2.68 bits per heavy atom. The standard InChI is InChI=1S/C15H19ClN6/c1-2-21-7-9-22(10-8-21)15-19-14(11-17-20-15)18-13-6-4-3-5-12(13)16/h3-6,11H,2,7-10H2,1H3,(H,18,19,20). The quantitative estimate of drug-likeness (QED) is 0.934. The average molecular weight is 319 g/mol. The number of para-hydroxylation sites is 1. The second kappa shape index (κ2) is 6.89. The molecule has 1 saturated heterocycles. The summed E-state index contributed by atoms with van der Waals surface area (Å²) in [5.74, 6) is 1.31. The van der Waals surface area contributed by atoms with Crippen molar-refractivity contribution in [3.63, 3.8) is 0 Å². The van der Waals surface area contributed by atoms with Crippen LogP contribution in [0.5, 0.6) is 0 Å². The second-order valence-corrected chi connectivity index (χ2v) is 5.57. The molecule has 6 nitrogen and oxygen atoms in total. The summed E-state index contributed by atoms with van der Waals surface area (Å²) < 4.78 is 0. The van der Waals surface area contributed by atoms with Crippen molar-refractivity contribution in [2.75, 3.05) is 42.9 Å². The molecule has 0 bridgehead atoms. The zero-order valence-corrected chi connectivity index (χ0v) is 13.3. The summed E-state index contributed by atoms with van der Waals surface area (Å²) in [4.78, 5) is 9.12. The summed E-state index contributed by atoms with van der Waals surface area (Å²) in [5, 5.41) is 12.0. The number of piperazine rings is 1. The minimum atomic E-state index is 0.649. The van der Waals surface area contributed by atoms with Crippen molar-refractivity contribution in [3.8, 4) is 0 Å². The highest BCUT2D eigenvalue weighted by molar-refractivity contribution is 6.33. The van der Waals surface area contributed by atoms with Crippen molar-refractivity contribution < 1.29 is 0 Å². The van der Waals surface area contributed by atoms with Crippen molar-refractivity contribution in [1.82, 2.24) is 20.1 Å². The number of nitrogens with one attached hydrogen (secondary N) is 1. The van der Waals surface area contributed by atoms with Crippen molar-refractivity contribution >= 4 is 29.1 Å². The van der Waals surface area contributed by atoms with Gasteiger partial charge in [-0.25, -0.2) is 0 Å². The Morgan fingerprint density at radius 1 is 1.18 bits per heavy atom. The van der Waals surface area contributed by atoms with Crippen LogP contribution in [0.4, 0.5) is 17.5 Å². The molecular formula is C15H19ClN6. The maximum absolute atomic E-state index is 6.15. The van der Waals surface area contributed by atoms with Gasteiger partial charge in [0.15, 0.2) is 5.82 Å². The molecule has 22 heavy (non-hydrogen) atoms. The lowest BCUT2D eigenvalue weighted by Gasteiger charge is -2.33. The summed E-state index contributed by atoms with van der Waals surface area (Å²) >= 11 is 6.15. The molecule has 116 valence electrons. The first kappa shape index (κ1) is 15.0. The van der Waals surface area contributed by atoms with Gasteiger partial charge in [0, 0.05) is 26.2 Å². The monoisotopic (exact) mass is 318 g/mol. The predicted molar refractivity (Wildman–Crippen MR) is 88.9 cm³/mol. The van der Waals surface area contributed by atoms with Crippen molar-refractivity contribution in [1.29, 1.82) is 0 Å². The summed E-state index contributed by atoms with van der Waals surface area (Å²) in [5.41, 5.74) is 0.811. The van der Waals surface area contributed by atoms with Crippen molar-refractivity contribution in [2.45, 2.75) is 6.92 Å². The van der Waals surface area contributed by atoms with E-state index in [1.165, 1.54) is 0 Å². The number of nitrogens with zero attached hydrogens (tertiary/aromatic N) is 5. The van der Waals surface area contributed by atoms with Gasteiger partial charge in [0.1, 0.15) is 0 Å². The van der Waals surface area contributed by atoms with Crippen molar-refractivity contribution in [2.24, 2.45) is 0 Å². The molecule has 2 aromatic rings. The van der Waals surface area contributed by atoms with Crippen LogP contribution in [-0.2, 0) is 0 Å². The molecule has 7 heteroatoms. The maximum Gasteiger partial charge on any atom is 0.247 e. The highest BCUT2D eigenvalue weighted by atomic mass is 35.5. The highest BCUT2D eigenvalue weighted by Crippen LogP contribution is 2.24. The molecule has 1 aliphatic rings. The Morgan fingerprint density at radius 2 is 1.95 bits per heavy atom. The minimum absolute atomic E-state index is 0.649. The van der Waals surface area contributed by atoms with Gasteiger partial charge >= 0.3 is 0 Å². The fourth-order valence-electron chi connectivity index (χ4n) is 2.45. The van der Waals surface area contributed by atoms with Crippen LogP contribution in [0.15, 0.2) is 30.5 Å². The summed E-state index contributed by atoms with van der Waals surface area (Å²) in [6, 6.07) is 7.56. The van der Waals surface area contributed by atoms with E-state index in [0.29, 0.717) is 16.8 Å². The van der Waals surface area contributed by atoms with E-state index in [1.54, 1.807) is 6.20 Å². The molecule has 1 N–H and O–H groups in total. The molecule has 0 atom stereocenters. The van der Waals surface area contributed by atoms with Crippen LogP contribution in [-0.4, -0.2) is 52.8 Å². The minimum Gasteiger partial charge on any atom is -0.338 e. The third-order valence-corrected chi connectivity index (χ3v) is 4.12. The number of rotatable bonds is 4. The zero-order chi connectivity index (χ0) is 15.4.